The minimum absolute atomic E-state index is 0.0401. The average Bonchev–Trinajstić information content (AvgIpc) is 2.89. The number of urea groups is 1. The second-order valence-corrected chi connectivity index (χ2v) is 8.29. The molecule has 2 N–H and O–H groups in total. The molecule has 2 amide bonds. The summed E-state index contributed by atoms with van der Waals surface area (Å²) in [6.07, 6.45) is 11.9. The van der Waals surface area contributed by atoms with Crippen LogP contribution >= 0.6 is 11.8 Å². The fourth-order valence-electron chi connectivity index (χ4n) is 4.03. The number of rotatable bonds is 2. The monoisotopic (exact) mass is 326 g/mol. The average molecular weight is 327 g/mol. The Morgan fingerprint density at radius 2 is 1.73 bits per heavy atom. The van der Waals surface area contributed by atoms with Gasteiger partial charge in [0.15, 0.2) is 0 Å². The van der Waals surface area contributed by atoms with E-state index in [4.69, 9.17) is 4.74 Å². The number of nitrogens with one attached hydrogen (secondary N) is 2. The Bertz CT molecular complexity index is 364. The lowest BCUT2D eigenvalue weighted by molar-refractivity contribution is -0.0684. The Labute approximate surface area is 138 Å². The molecule has 2 heterocycles. The predicted molar refractivity (Wildman–Crippen MR) is 91.4 cm³/mol. The Morgan fingerprint density at radius 1 is 1.00 bits per heavy atom. The fraction of sp³-hybridized carbons (Fsp3) is 0.941. The molecule has 0 aromatic heterocycles. The van der Waals surface area contributed by atoms with E-state index in [1.807, 2.05) is 11.8 Å². The third-order valence-electron chi connectivity index (χ3n) is 5.34. The Hall–Kier alpha value is -0.420. The van der Waals surface area contributed by atoms with Crippen molar-refractivity contribution in [3.8, 4) is 0 Å². The van der Waals surface area contributed by atoms with E-state index in [0.29, 0.717) is 6.04 Å². The molecule has 3 rings (SSSR count). The van der Waals surface area contributed by atoms with Crippen LogP contribution in [0.25, 0.3) is 0 Å². The zero-order valence-corrected chi connectivity index (χ0v) is 14.4. The van der Waals surface area contributed by atoms with Crippen molar-refractivity contribution >= 4 is 17.8 Å². The molecule has 0 aromatic rings. The van der Waals surface area contributed by atoms with Crippen LogP contribution in [0.5, 0.6) is 0 Å². The maximum absolute atomic E-state index is 12.3. The van der Waals surface area contributed by atoms with E-state index in [1.54, 1.807) is 0 Å². The van der Waals surface area contributed by atoms with Crippen molar-refractivity contribution in [2.75, 3.05) is 18.1 Å². The summed E-state index contributed by atoms with van der Waals surface area (Å²) < 4.78 is 6.03. The van der Waals surface area contributed by atoms with Crippen molar-refractivity contribution in [1.82, 2.24) is 10.6 Å². The van der Waals surface area contributed by atoms with Crippen LogP contribution in [-0.2, 0) is 4.74 Å². The van der Waals surface area contributed by atoms with Gasteiger partial charge in [-0.2, -0.15) is 11.8 Å². The van der Waals surface area contributed by atoms with E-state index in [-0.39, 0.29) is 17.7 Å². The number of ether oxygens (including phenoxy) is 1. The molecule has 2 unspecified atom stereocenters. The normalized spacial score (nSPS) is 34.1. The first-order chi connectivity index (χ1) is 10.8. The van der Waals surface area contributed by atoms with Gasteiger partial charge in [-0.05, 0) is 37.9 Å². The summed E-state index contributed by atoms with van der Waals surface area (Å²) in [5.41, 5.74) is 0.0428. The van der Waals surface area contributed by atoms with E-state index >= 15 is 0 Å². The van der Waals surface area contributed by atoms with Crippen LogP contribution in [0.15, 0.2) is 0 Å². The van der Waals surface area contributed by atoms with Crippen molar-refractivity contribution in [2.45, 2.75) is 81.9 Å². The number of amides is 2. The predicted octanol–water partition coefficient (Wildman–Crippen LogP) is 3.45. The lowest BCUT2D eigenvalue weighted by Crippen LogP contribution is -2.52. The SMILES string of the molecule is O=C(NC1CCCCCCC1)NC1CCOC2(CCSC2)C1. The molecule has 3 aliphatic rings. The smallest absolute Gasteiger partial charge is 0.315 e. The van der Waals surface area contributed by atoms with E-state index in [9.17, 15) is 4.79 Å². The van der Waals surface area contributed by atoms with Gasteiger partial charge in [0, 0.05) is 24.4 Å². The van der Waals surface area contributed by atoms with Crippen molar-refractivity contribution in [2.24, 2.45) is 0 Å². The second kappa shape index (κ2) is 7.91. The van der Waals surface area contributed by atoms with Crippen LogP contribution in [0.4, 0.5) is 4.79 Å². The second-order valence-electron chi connectivity index (χ2n) is 7.18. The molecule has 0 bridgehead atoms. The molecule has 2 aliphatic heterocycles. The van der Waals surface area contributed by atoms with Crippen LogP contribution in [0.1, 0.15) is 64.2 Å². The standard InChI is InChI=1S/C17H30N2O2S/c20-16(18-14-6-4-2-1-3-5-7-14)19-15-8-10-21-17(12-15)9-11-22-13-17/h14-15H,1-13H2,(H2,18,19,20). The molecule has 0 aromatic carbocycles. The first-order valence-corrected chi connectivity index (χ1v) is 10.2. The summed E-state index contributed by atoms with van der Waals surface area (Å²) in [5, 5.41) is 6.43. The van der Waals surface area contributed by atoms with Gasteiger partial charge in [-0.1, -0.05) is 32.1 Å². The summed E-state index contributed by atoms with van der Waals surface area (Å²) in [6.45, 7) is 0.787. The van der Waals surface area contributed by atoms with E-state index < -0.39 is 0 Å². The van der Waals surface area contributed by atoms with Crippen molar-refractivity contribution < 1.29 is 9.53 Å². The third-order valence-corrected chi connectivity index (χ3v) is 6.56. The Balaban J connectivity index is 1.44. The highest BCUT2D eigenvalue weighted by atomic mass is 32.2. The summed E-state index contributed by atoms with van der Waals surface area (Å²) in [4.78, 5) is 12.3. The van der Waals surface area contributed by atoms with Crippen molar-refractivity contribution in [3.05, 3.63) is 0 Å². The molecule has 1 spiro atoms. The molecule has 22 heavy (non-hydrogen) atoms. The topological polar surface area (TPSA) is 50.4 Å². The van der Waals surface area contributed by atoms with E-state index in [0.717, 1.165) is 44.5 Å². The van der Waals surface area contributed by atoms with Crippen LogP contribution < -0.4 is 10.6 Å². The highest BCUT2D eigenvalue weighted by Gasteiger charge is 2.40. The molecule has 1 saturated carbocycles. The van der Waals surface area contributed by atoms with Crippen LogP contribution in [0.2, 0.25) is 0 Å². The van der Waals surface area contributed by atoms with Crippen molar-refractivity contribution in [3.63, 3.8) is 0 Å². The van der Waals surface area contributed by atoms with Gasteiger partial charge in [-0.15, -0.1) is 0 Å². The molecule has 4 nitrogen and oxygen atoms in total. The molecule has 1 aliphatic carbocycles. The highest BCUT2D eigenvalue weighted by molar-refractivity contribution is 7.99. The van der Waals surface area contributed by atoms with Gasteiger partial charge in [0.1, 0.15) is 0 Å². The number of carbonyl (C=O) groups is 1. The van der Waals surface area contributed by atoms with Crippen molar-refractivity contribution in [1.29, 1.82) is 0 Å². The number of carbonyl (C=O) groups excluding carboxylic acids is 1. The van der Waals surface area contributed by atoms with Crippen LogP contribution in [0.3, 0.4) is 0 Å². The third kappa shape index (κ3) is 4.54. The Morgan fingerprint density at radius 3 is 2.45 bits per heavy atom. The van der Waals surface area contributed by atoms with Gasteiger partial charge in [0.2, 0.25) is 0 Å². The van der Waals surface area contributed by atoms with Gasteiger partial charge in [-0.25, -0.2) is 4.79 Å². The molecule has 2 atom stereocenters. The van der Waals surface area contributed by atoms with E-state index in [2.05, 4.69) is 10.6 Å². The van der Waals surface area contributed by atoms with Gasteiger partial charge in [0.05, 0.1) is 5.60 Å². The van der Waals surface area contributed by atoms with Crippen LogP contribution in [-0.4, -0.2) is 41.8 Å². The number of thioether (sulfide) groups is 1. The molecule has 126 valence electrons. The maximum Gasteiger partial charge on any atom is 0.315 e. The number of hydrogen-bond acceptors (Lipinski definition) is 3. The van der Waals surface area contributed by atoms with Gasteiger partial charge >= 0.3 is 6.03 Å². The molecule has 5 heteroatoms. The molecule has 2 saturated heterocycles. The first-order valence-electron chi connectivity index (χ1n) is 9.05. The first kappa shape index (κ1) is 16.4. The molecule has 3 fully saturated rings. The summed E-state index contributed by atoms with van der Waals surface area (Å²) >= 11 is 1.98. The van der Waals surface area contributed by atoms with Crippen LogP contribution in [0, 0.1) is 0 Å². The lowest BCUT2D eigenvalue weighted by Gasteiger charge is -2.38. The lowest BCUT2D eigenvalue weighted by atomic mass is 9.90. The largest absolute Gasteiger partial charge is 0.374 e. The summed E-state index contributed by atoms with van der Waals surface area (Å²) in [5.74, 6) is 2.29. The minimum Gasteiger partial charge on any atom is -0.374 e. The van der Waals surface area contributed by atoms with E-state index in [1.165, 1.54) is 37.9 Å². The zero-order valence-electron chi connectivity index (χ0n) is 13.6. The highest BCUT2D eigenvalue weighted by Crippen LogP contribution is 2.38. The summed E-state index contributed by atoms with van der Waals surface area (Å²) in [6, 6.07) is 0.690. The van der Waals surface area contributed by atoms with Gasteiger partial charge in [0.25, 0.3) is 0 Å². The number of hydrogen-bond donors (Lipinski definition) is 2. The maximum atomic E-state index is 12.3. The molecular weight excluding hydrogens is 296 g/mol. The summed E-state index contributed by atoms with van der Waals surface area (Å²) in [7, 11) is 0. The van der Waals surface area contributed by atoms with Gasteiger partial charge < -0.3 is 15.4 Å². The minimum atomic E-state index is 0.0401. The Kier molecular flexibility index (Phi) is 5.91. The molecule has 0 radical (unpaired) electrons. The van der Waals surface area contributed by atoms with Gasteiger partial charge in [-0.3, -0.25) is 0 Å². The fourth-order valence-corrected chi connectivity index (χ4v) is 5.41. The molecular formula is C17H30N2O2S. The quantitative estimate of drug-likeness (QED) is 0.817. The zero-order chi connectivity index (χ0) is 15.3.